The Morgan fingerprint density at radius 3 is 2.59 bits per heavy atom. The van der Waals surface area contributed by atoms with Crippen molar-refractivity contribution in [3.05, 3.63) is 47.5 Å². The fourth-order valence-electron chi connectivity index (χ4n) is 1.76. The molecule has 4 nitrogen and oxygen atoms in total. The van der Waals surface area contributed by atoms with E-state index < -0.39 is 0 Å². The predicted octanol–water partition coefficient (Wildman–Crippen LogP) is 1.27. The molecule has 0 saturated heterocycles. The molecule has 0 aliphatic rings. The third-order valence-corrected chi connectivity index (χ3v) is 2.67. The first-order chi connectivity index (χ1) is 8.19. The first kappa shape index (κ1) is 11.7. The van der Waals surface area contributed by atoms with Crippen molar-refractivity contribution in [1.29, 1.82) is 0 Å². The van der Waals surface area contributed by atoms with Crippen LogP contribution >= 0.6 is 0 Å². The van der Waals surface area contributed by atoms with E-state index >= 15 is 0 Å². The zero-order valence-corrected chi connectivity index (χ0v) is 9.55. The Labute approximate surface area is 98.7 Å². The second kappa shape index (κ2) is 5.05. The zero-order chi connectivity index (χ0) is 12.3. The highest BCUT2D eigenvalue weighted by Crippen LogP contribution is 2.19. The molecular weight excluding hydrogens is 221 g/mol. The summed E-state index contributed by atoms with van der Waals surface area (Å²) in [7, 11) is 1.79. The topological polar surface area (TPSA) is 50.9 Å². The number of aliphatic hydroxyl groups excluding tert-OH is 1. The molecule has 0 amide bonds. The summed E-state index contributed by atoms with van der Waals surface area (Å²) in [5.41, 5.74) is 1.72. The van der Waals surface area contributed by atoms with Crippen LogP contribution in [0.4, 0.5) is 4.39 Å². The normalized spacial score (nSPS) is 12.6. The Bertz CT molecular complexity index is 481. The summed E-state index contributed by atoms with van der Waals surface area (Å²) in [5, 5.41) is 17.2. The molecule has 2 aromatic rings. The van der Waals surface area contributed by atoms with Crippen LogP contribution in [0.1, 0.15) is 17.2 Å². The Morgan fingerprint density at radius 1 is 1.35 bits per heavy atom. The highest BCUT2D eigenvalue weighted by atomic mass is 19.1. The lowest BCUT2D eigenvalue weighted by Crippen LogP contribution is -2.08. The van der Waals surface area contributed by atoms with Crippen molar-refractivity contribution < 1.29 is 9.50 Å². The molecule has 0 aliphatic carbocycles. The molecule has 0 spiro atoms. The van der Waals surface area contributed by atoms with Gasteiger partial charge in [-0.3, -0.25) is 4.68 Å². The van der Waals surface area contributed by atoms with Crippen molar-refractivity contribution >= 4 is 0 Å². The van der Waals surface area contributed by atoms with Gasteiger partial charge in [-0.05, 0) is 17.7 Å². The number of aromatic nitrogens is 3. The maximum absolute atomic E-state index is 12.8. The number of aryl methyl sites for hydroxylation is 1. The number of rotatable bonds is 4. The van der Waals surface area contributed by atoms with Crippen LogP contribution in [0, 0.1) is 5.82 Å². The van der Waals surface area contributed by atoms with E-state index in [0.717, 1.165) is 11.3 Å². The Morgan fingerprint density at radius 2 is 2.06 bits per heavy atom. The van der Waals surface area contributed by atoms with Crippen LogP contribution in [-0.2, 0) is 13.5 Å². The molecule has 1 heterocycles. The van der Waals surface area contributed by atoms with Crippen molar-refractivity contribution in [1.82, 2.24) is 15.0 Å². The van der Waals surface area contributed by atoms with Gasteiger partial charge in [0.25, 0.3) is 0 Å². The average Bonchev–Trinajstić information content (AvgIpc) is 2.73. The number of aliphatic hydroxyl groups is 1. The molecule has 1 aromatic heterocycles. The minimum absolute atomic E-state index is 0.00219. The minimum atomic E-state index is -0.273. The summed E-state index contributed by atoms with van der Waals surface area (Å²) in [4.78, 5) is 0. The number of hydrogen-bond donors (Lipinski definition) is 1. The second-order valence-corrected chi connectivity index (χ2v) is 4.02. The molecule has 1 atom stereocenters. The van der Waals surface area contributed by atoms with E-state index in [9.17, 15) is 9.50 Å². The first-order valence-corrected chi connectivity index (χ1v) is 5.40. The van der Waals surface area contributed by atoms with Crippen LogP contribution in [-0.4, -0.2) is 26.7 Å². The predicted molar refractivity (Wildman–Crippen MR) is 60.9 cm³/mol. The van der Waals surface area contributed by atoms with Crippen LogP contribution in [0.2, 0.25) is 0 Å². The molecule has 1 aromatic carbocycles. The van der Waals surface area contributed by atoms with Gasteiger partial charge < -0.3 is 5.11 Å². The number of hydrogen-bond acceptors (Lipinski definition) is 3. The monoisotopic (exact) mass is 235 g/mol. The van der Waals surface area contributed by atoms with Crippen LogP contribution in [0.5, 0.6) is 0 Å². The molecular formula is C12H14FN3O. The molecule has 90 valence electrons. The third kappa shape index (κ3) is 2.88. The summed E-state index contributed by atoms with van der Waals surface area (Å²) < 4.78 is 14.4. The smallest absolute Gasteiger partial charge is 0.123 e. The highest BCUT2D eigenvalue weighted by molar-refractivity contribution is 5.22. The fraction of sp³-hybridized carbons (Fsp3) is 0.333. The van der Waals surface area contributed by atoms with Crippen LogP contribution in [0.3, 0.4) is 0 Å². The molecule has 0 radical (unpaired) electrons. The molecule has 0 aliphatic heterocycles. The summed E-state index contributed by atoms with van der Waals surface area (Å²) in [6.45, 7) is 0.00219. The molecule has 0 saturated carbocycles. The molecule has 1 N–H and O–H groups in total. The van der Waals surface area contributed by atoms with Gasteiger partial charge in [0.2, 0.25) is 0 Å². The van der Waals surface area contributed by atoms with Gasteiger partial charge in [0.15, 0.2) is 0 Å². The lowest BCUT2D eigenvalue weighted by atomic mass is 9.95. The van der Waals surface area contributed by atoms with Gasteiger partial charge in [-0.15, -0.1) is 5.10 Å². The minimum Gasteiger partial charge on any atom is -0.396 e. The molecule has 0 fully saturated rings. The largest absolute Gasteiger partial charge is 0.396 e. The van der Waals surface area contributed by atoms with Gasteiger partial charge in [-0.2, -0.15) is 0 Å². The van der Waals surface area contributed by atoms with Crippen LogP contribution in [0.25, 0.3) is 0 Å². The van der Waals surface area contributed by atoms with E-state index in [1.54, 1.807) is 23.9 Å². The Kier molecular flexibility index (Phi) is 3.49. The van der Waals surface area contributed by atoms with Crippen LogP contribution < -0.4 is 0 Å². The van der Waals surface area contributed by atoms with Crippen molar-refractivity contribution in [2.45, 2.75) is 12.3 Å². The lowest BCUT2D eigenvalue weighted by Gasteiger charge is -2.12. The van der Waals surface area contributed by atoms with E-state index in [4.69, 9.17) is 0 Å². The molecule has 0 bridgehead atoms. The van der Waals surface area contributed by atoms with E-state index in [0.29, 0.717) is 6.42 Å². The Balaban J connectivity index is 2.13. The quantitative estimate of drug-likeness (QED) is 0.868. The van der Waals surface area contributed by atoms with Gasteiger partial charge in [-0.1, -0.05) is 17.3 Å². The maximum atomic E-state index is 12.8. The van der Waals surface area contributed by atoms with Gasteiger partial charge in [-0.25, -0.2) is 4.39 Å². The molecule has 17 heavy (non-hydrogen) atoms. The van der Waals surface area contributed by atoms with E-state index in [1.807, 2.05) is 6.20 Å². The van der Waals surface area contributed by atoms with Gasteiger partial charge >= 0.3 is 0 Å². The number of benzene rings is 1. The lowest BCUT2D eigenvalue weighted by molar-refractivity contribution is 0.263. The SMILES string of the molecule is Cn1cc(CC(CO)c2ccc(F)cc2)nn1. The van der Waals surface area contributed by atoms with E-state index in [2.05, 4.69) is 10.3 Å². The van der Waals surface area contributed by atoms with Crippen molar-refractivity contribution in [2.75, 3.05) is 6.61 Å². The van der Waals surface area contributed by atoms with Crippen molar-refractivity contribution in [2.24, 2.45) is 7.05 Å². The summed E-state index contributed by atoms with van der Waals surface area (Å²) >= 11 is 0. The fourth-order valence-corrected chi connectivity index (χ4v) is 1.76. The van der Waals surface area contributed by atoms with Gasteiger partial charge in [0.1, 0.15) is 5.82 Å². The number of halogens is 1. The average molecular weight is 235 g/mol. The van der Waals surface area contributed by atoms with Crippen LogP contribution in [0.15, 0.2) is 30.5 Å². The zero-order valence-electron chi connectivity index (χ0n) is 9.55. The molecule has 1 unspecified atom stereocenters. The number of nitrogens with zero attached hydrogens (tertiary/aromatic N) is 3. The first-order valence-electron chi connectivity index (χ1n) is 5.40. The molecule has 2 rings (SSSR count). The van der Waals surface area contributed by atoms with Gasteiger partial charge in [0, 0.05) is 25.6 Å². The molecule has 5 heteroatoms. The summed E-state index contributed by atoms with van der Waals surface area (Å²) in [6.07, 6.45) is 2.40. The standard InChI is InChI=1S/C12H14FN3O/c1-16-7-12(14-15-16)6-10(8-17)9-2-4-11(13)5-3-9/h2-5,7,10,17H,6,8H2,1H3. The third-order valence-electron chi connectivity index (χ3n) is 2.67. The van der Waals surface area contributed by atoms with Gasteiger partial charge in [0.05, 0.1) is 12.3 Å². The van der Waals surface area contributed by atoms with Crippen molar-refractivity contribution in [3.63, 3.8) is 0 Å². The summed E-state index contributed by atoms with van der Waals surface area (Å²) in [5.74, 6) is -0.350. The maximum Gasteiger partial charge on any atom is 0.123 e. The second-order valence-electron chi connectivity index (χ2n) is 4.02. The van der Waals surface area contributed by atoms with Crippen molar-refractivity contribution in [3.8, 4) is 0 Å². The summed E-state index contributed by atoms with van der Waals surface area (Å²) in [6, 6.07) is 6.17. The Hall–Kier alpha value is -1.75. The van der Waals surface area contributed by atoms with E-state index in [-0.39, 0.29) is 18.3 Å². The van der Waals surface area contributed by atoms with E-state index in [1.165, 1.54) is 12.1 Å². The highest BCUT2D eigenvalue weighted by Gasteiger charge is 2.13.